The third kappa shape index (κ3) is 3.85. The topological polar surface area (TPSA) is 82.6 Å². The van der Waals surface area contributed by atoms with Crippen LogP contribution < -0.4 is 14.5 Å². The van der Waals surface area contributed by atoms with Crippen molar-refractivity contribution in [1.82, 2.24) is 4.98 Å². The lowest BCUT2D eigenvalue weighted by Gasteiger charge is -2.36. The minimum absolute atomic E-state index is 0.00860. The minimum atomic E-state index is -3.73. The largest absolute Gasteiger partial charge is 0.358 e. The van der Waals surface area contributed by atoms with E-state index < -0.39 is 10.0 Å². The average molecular weight is 489 g/mol. The fraction of sp³-hybridized carbons (Fsp3) is 0.273. The van der Waals surface area contributed by atoms with Crippen molar-refractivity contribution in [3.63, 3.8) is 0 Å². The van der Waals surface area contributed by atoms with Gasteiger partial charge in [0, 0.05) is 30.4 Å². The molecule has 2 aromatic carbocycles. The van der Waals surface area contributed by atoms with Crippen LogP contribution in [0.15, 0.2) is 58.9 Å². The number of aryl methyl sites for hydroxylation is 1. The Morgan fingerprint density at radius 2 is 1.94 bits per heavy atom. The van der Waals surface area contributed by atoms with E-state index in [1.807, 2.05) is 12.1 Å². The van der Waals surface area contributed by atoms with Gasteiger partial charge in [0.25, 0.3) is 10.0 Å². The number of carbonyl (C=O) groups excluding carboxylic acids is 1. The highest BCUT2D eigenvalue weighted by molar-refractivity contribution is 7.93. The Labute approximate surface area is 195 Å². The molecule has 1 fully saturated rings. The maximum atomic E-state index is 13.3. The van der Waals surface area contributed by atoms with E-state index in [1.54, 1.807) is 22.4 Å². The van der Waals surface area contributed by atoms with Gasteiger partial charge in [0.15, 0.2) is 5.13 Å². The van der Waals surface area contributed by atoms with E-state index in [4.69, 9.17) is 11.6 Å². The van der Waals surface area contributed by atoms with Gasteiger partial charge < -0.3 is 9.80 Å². The summed E-state index contributed by atoms with van der Waals surface area (Å²) in [5, 5.41) is 2.69. The molecule has 1 amide bonds. The number of thiazole rings is 1. The highest BCUT2D eigenvalue weighted by atomic mass is 35.5. The summed E-state index contributed by atoms with van der Waals surface area (Å²) in [5.74, 6) is 0.00860. The Hall–Kier alpha value is -2.62. The van der Waals surface area contributed by atoms with Crippen molar-refractivity contribution in [2.75, 3.05) is 27.6 Å². The maximum absolute atomic E-state index is 13.3. The van der Waals surface area contributed by atoms with E-state index in [1.165, 1.54) is 35.2 Å². The SMILES string of the molecule is O=C1[C@H](N2CCCc3cccc(Cl)c32)CCN1c1ccc(S(=O)(=O)Nc2nccs2)cc1. The molecule has 2 aliphatic heterocycles. The van der Waals surface area contributed by atoms with Gasteiger partial charge in [-0.25, -0.2) is 13.4 Å². The Morgan fingerprint density at radius 3 is 2.69 bits per heavy atom. The van der Waals surface area contributed by atoms with Crippen LogP contribution in [0.3, 0.4) is 0 Å². The summed E-state index contributed by atoms with van der Waals surface area (Å²) in [5.41, 5.74) is 2.83. The van der Waals surface area contributed by atoms with Crippen molar-refractivity contribution in [3.05, 3.63) is 64.6 Å². The van der Waals surface area contributed by atoms with Crippen LogP contribution in [0, 0.1) is 0 Å². The van der Waals surface area contributed by atoms with Crippen LogP contribution >= 0.6 is 22.9 Å². The van der Waals surface area contributed by atoms with Crippen molar-refractivity contribution >= 4 is 55.4 Å². The number of amides is 1. The highest BCUT2D eigenvalue weighted by Gasteiger charge is 2.39. The lowest BCUT2D eigenvalue weighted by atomic mass is 9.99. The molecule has 166 valence electrons. The zero-order chi connectivity index (χ0) is 22.3. The summed E-state index contributed by atoms with van der Waals surface area (Å²) in [6.45, 7) is 1.36. The first kappa shape index (κ1) is 21.2. The maximum Gasteiger partial charge on any atom is 0.263 e. The molecule has 7 nitrogen and oxygen atoms in total. The van der Waals surface area contributed by atoms with Gasteiger partial charge in [0.05, 0.1) is 15.6 Å². The second-order valence-electron chi connectivity index (χ2n) is 7.78. The average Bonchev–Trinajstić information content (AvgIpc) is 3.43. The van der Waals surface area contributed by atoms with Crippen molar-refractivity contribution in [2.24, 2.45) is 0 Å². The standard InChI is InChI=1S/C22H21ClN4O3S2/c23-18-5-1-3-15-4-2-12-27(20(15)18)19-10-13-26(21(19)28)16-6-8-17(9-7-16)32(29,30)25-22-24-11-14-31-22/h1,3,5-9,11,14,19H,2,4,10,12-13H2,(H,24,25)/t19-/m1/s1. The van der Waals surface area contributed by atoms with E-state index >= 15 is 0 Å². The van der Waals surface area contributed by atoms with Crippen molar-refractivity contribution in [1.29, 1.82) is 0 Å². The first-order chi connectivity index (χ1) is 15.4. The Kier molecular flexibility index (Phi) is 5.56. The van der Waals surface area contributed by atoms with Crippen molar-refractivity contribution in [3.8, 4) is 0 Å². The van der Waals surface area contributed by atoms with Crippen LogP contribution in [0.1, 0.15) is 18.4 Å². The fourth-order valence-corrected chi connectivity index (χ4v) is 6.50. The van der Waals surface area contributed by atoms with Gasteiger partial charge in [0.1, 0.15) is 6.04 Å². The third-order valence-corrected chi connectivity index (χ3v) is 8.35. The number of carbonyl (C=O) groups is 1. The Bertz CT molecular complexity index is 1250. The summed E-state index contributed by atoms with van der Waals surface area (Å²) in [6.07, 6.45) is 4.17. The number of sulfonamides is 1. The van der Waals surface area contributed by atoms with Crippen molar-refractivity contribution in [2.45, 2.75) is 30.2 Å². The summed E-state index contributed by atoms with van der Waals surface area (Å²) in [6, 6.07) is 12.0. The molecule has 1 aromatic heterocycles. The molecule has 2 aliphatic rings. The monoisotopic (exact) mass is 488 g/mol. The molecule has 0 saturated carbocycles. The number of fused-ring (bicyclic) bond motifs is 1. The van der Waals surface area contributed by atoms with Gasteiger partial charge in [-0.1, -0.05) is 23.7 Å². The van der Waals surface area contributed by atoms with Crippen LogP contribution in [0.4, 0.5) is 16.5 Å². The predicted octanol–water partition coefficient (Wildman–Crippen LogP) is 4.16. The number of aromatic nitrogens is 1. The molecule has 5 rings (SSSR count). The number of para-hydroxylation sites is 1. The molecule has 1 N–H and O–H groups in total. The Balaban J connectivity index is 1.35. The molecule has 0 unspecified atom stereocenters. The van der Waals surface area contributed by atoms with Gasteiger partial charge in [-0.15, -0.1) is 11.3 Å². The predicted molar refractivity (Wildman–Crippen MR) is 127 cm³/mol. The van der Waals surface area contributed by atoms with Gasteiger partial charge in [0.2, 0.25) is 5.91 Å². The van der Waals surface area contributed by atoms with E-state index in [-0.39, 0.29) is 16.8 Å². The van der Waals surface area contributed by atoms with E-state index in [2.05, 4.69) is 20.7 Å². The lowest BCUT2D eigenvalue weighted by molar-refractivity contribution is -0.118. The second kappa shape index (κ2) is 8.38. The van der Waals surface area contributed by atoms with Gasteiger partial charge in [-0.3, -0.25) is 9.52 Å². The molecule has 0 spiro atoms. The summed E-state index contributed by atoms with van der Waals surface area (Å²) in [4.78, 5) is 21.3. The molecule has 0 bridgehead atoms. The molecular weight excluding hydrogens is 468 g/mol. The molecule has 10 heteroatoms. The summed E-state index contributed by atoms with van der Waals surface area (Å²) >= 11 is 7.70. The second-order valence-corrected chi connectivity index (χ2v) is 10.8. The van der Waals surface area contributed by atoms with E-state index in [0.717, 1.165) is 25.1 Å². The van der Waals surface area contributed by atoms with Crippen LogP contribution in [-0.2, 0) is 21.2 Å². The summed E-state index contributed by atoms with van der Waals surface area (Å²) in [7, 11) is -3.73. The van der Waals surface area contributed by atoms with Crippen LogP contribution in [0.2, 0.25) is 5.02 Å². The number of rotatable bonds is 5. The van der Waals surface area contributed by atoms with Crippen LogP contribution in [0.5, 0.6) is 0 Å². The quantitative estimate of drug-likeness (QED) is 0.583. The fourth-order valence-electron chi connectivity index (χ4n) is 4.41. The van der Waals surface area contributed by atoms with E-state index in [9.17, 15) is 13.2 Å². The zero-order valence-electron chi connectivity index (χ0n) is 17.1. The number of nitrogens with one attached hydrogen (secondary N) is 1. The minimum Gasteiger partial charge on any atom is -0.358 e. The molecule has 1 saturated heterocycles. The zero-order valence-corrected chi connectivity index (χ0v) is 19.5. The molecule has 0 aliphatic carbocycles. The number of anilines is 3. The van der Waals surface area contributed by atoms with Gasteiger partial charge in [-0.2, -0.15) is 0 Å². The number of nitrogens with zero attached hydrogens (tertiary/aromatic N) is 3. The third-order valence-electron chi connectivity index (χ3n) is 5.87. The van der Waals surface area contributed by atoms with Gasteiger partial charge in [-0.05, 0) is 55.2 Å². The summed E-state index contributed by atoms with van der Waals surface area (Å²) < 4.78 is 27.6. The smallest absolute Gasteiger partial charge is 0.263 e. The van der Waals surface area contributed by atoms with Gasteiger partial charge >= 0.3 is 0 Å². The number of benzene rings is 2. The highest BCUT2D eigenvalue weighted by Crippen LogP contribution is 2.38. The van der Waals surface area contributed by atoms with Crippen LogP contribution in [-0.4, -0.2) is 38.4 Å². The molecule has 3 aromatic rings. The first-order valence-electron chi connectivity index (χ1n) is 10.3. The van der Waals surface area contributed by atoms with E-state index in [0.29, 0.717) is 28.8 Å². The lowest BCUT2D eigenvalue weighted by Crippen LogP contribution is -2.44. The van der Waals surface area contributed by atoms with Crippen molar-refractivity contribution < 1.29 is 13.2 Å². The normalized spacial score (nSPS) is 18.7. The molecular formula is C22H21ClN4O3S2. The molecule has 32 heavy (non-hydrogen) atoms. The molecule has 0 radical (unpaired) electrons. The number of hydrogen-bond donors (Lipinski definition) is 1. The Morgan fingerprint density at radius 1 is 1.12 bits per heavy atom. The first-order valence-corrected chi connectivity index (χ1v) is 13.1. The number of hydrogen-bond acceptors (Lipinski definition) is 6. The molecule has 1 atom stereocenters. The van der Waals surface area contributed by atoms with Crippen LogP contribution in [0.25, 0.3) is 0 Å². The molecule has 3 heterocycles. The number of halogens is 1.